The van der Waals surface area contributed by atoms with Crippen LogP contribution in [0.5, 0.6) is 0 Å². The lowest BCUT2D eigenvalue weighted by molar-refractivity contribution is 0.453. The van der Waals surface area contributed by atoms with Gasteiger partial charge < -0.3 is 4.90 Å². The zero-order valence-corrected chi connectivity index (χ0v) is 11.2. The van der Waals surface area contributed by atoms with Gasteiger partial charge in [-0.15, -0.1) is 0 Å². The van der Waals surface area contributed by atoms with Gasteiger partial charge in [-0.25, -0.2) is 0 Å². The Morgan fingerprint density at radius 2 is 1.74 bits per heavy atom. The summed E-state index contributed by atoms with van der Waals surface area (Å²) in [5.41, 5.74) is 3.85. The summed E-state index contributed by atoms with van der Waals surface area (Å²) in [5, 5.41) is 0. The average molecular weight is 250 g/mol. The molecular weight excluding hydrogens is 232 g/mol. The molecule has 0 saturated heterocycles. The summed E-state index contributed by atoms with van der Waals surface area (Å²) in [5.74, 6) is 1.13. The third-order valence-electron chi connectivity index (χ3n) is 3.46. The average Bonchev–Trinajstić information content (AvgIpc) is 2.89. The molecule has 0 radical (unpaired) electrons. The van der Waals surface area contributed by atoms with E-state index in [1.54, 1.807) is 0 Å². The second-order valence-corrected chi connectivity index (χ2v) is 4.98. The molecule has 0 aromatic heterocycles. The molecule has 0 bridgehead atoms. The maximum atomic E-state index is 4.66. The van der Waals surface area contributed by atoms with Crippen molar-refractivity contribution in [2.75, 3.05) is 13.1 Å². The Labute approximate surface area is 114 Å². The van der Waals surface area contributed by atoms with Crippen molar-refractivity contribution in [2.45, 2.75) is 13.5 Å². The van der Waals surface area contributed by atoms with Crippen LogP contribution in [0, 0.1) is 6.92 Å². The molecule has 2 heteroatoms. The lowest BCUT2D eigenvalue weighted by Crippen LogP contribution is -2.27. The molecule has 1 aliphatic heterocycles. The minimum absolute atomic E-state index is 0.899. The summed E-state index contributed by atoms with van der Waals surface area (Å²) in [7, 11) is 0. The largest absolute Gasteiger partial charge is 0.350 e. The number of aryl methyl sites for hydroxylation is 1. The molecule has 1 aliphatic rings. The molecular formula is C17H18N2. The van der Waals surface area contributed by atoms with Gasteiger partial charge in [0.25, 0.3) is 0 Å². The lowest BCUT2D eigenvalue weighted by Gasteiger charge is -2.20. The molecule has 19 heavy (non-hydrogen) atoms. The minimum atomic E-state index is 0.899. The van der Waals surface area contributed by atoms with Crippen LogP contribution in [0.1, 0.15) is 16.7 Å². The molecule has 0 N–H and O–H groups in total. The van der Waals surface area contributed by atoms with Gasteiger partial charge in [0.05, 0.1) is 6.54 Å². The molecule has 0 unspecified atom stereocenters. The summed E-state index contributed by atoms with van der Waals surface area (Å²) >= 11 is 0. The van der Waals surface area contributed by atoms with Crippen molar-refractivity contribution in [3.8, 4) is 0 Å². The van der Waals surface area contributed by atoms with E-state index in [1.807, 2.05) is 0 Å². The molecule has 0 spiro atoms. The molecule has 2 aromatic carbocycles. The van der Waals surface area contributed by atoms with Gasteiger partial charge in [-0.05, 0) is 12.5 Å². The Morgan fingerprint density at radius 3 is 2.47 bits per heavy atom. The predicted octanol–water partition coefficient (Wildman–Crippen LogP) is 3.26. The molecule has 96 valence electrons. The van der Waals surface area contributed by atoms with E-state index in [2.05, 4.69) is 71.4 Å². The van der Waals surface area contributed by atoms with E-state index in [1.165, 1.54) is 16.7 Å². The Bertz CT molecular complexity index is 570. The van der Waals surface area contributed by atoms with Crippen molar-refractivity contribution < 1.29 is 0 Å². The van der Waals surface area contributed by atoms with Gasteiger partial charge in [-0.3, -0.25) is 4.99 Å². The van der Waals surface area contributed by atoms with Crippen LogP contribution in [0.25, 0.3) is 0 Å². The van der Waals surface area contributed by atoms with Crippen molar-refractivity contribution in [2.24, 2.45) is 4.99 Å². The van der Waals surface area contributed by atoms with Crippen LogP contribution in [0.4, 0.5) is 0 Å². The fraction of sp³-hybridized carbons (Fsp3) is 0.235. The fourth-order valence-corrected chi connectivity index (χ4v) is 2.42. The normalized spacial score (nSPS) is 14.6. The first kappa shape index (κ1) is 12.0. The van der Waals surface area contributed by atoms with Gasteiger partial charge in [0.2, 0.25) is 0 Å². The molecule has 0 aliphatic carbocycles. The standard InChI is InChI=1S/C17H18N2/c1-14-7-9-16(10-8-14)17-18-11-12-19(17)13-15-5-3-2-4-6-15/h2-10H,11-13H2,1H3. The van der Waals surface area contributed by atoms with Crippen LogP contribution < -0.4 is 0 Å². The number of hydrogen-bond acceptors (Lipinski definition) is 2. The fourth-order valence-electron chi connectivity index (χ4n) is 2.42. The molecule has 0 saturated carbocycles. The Hall–Kier alpha value is -2.09. The van der Waals surface area contributed by atoms with E-state index in [4.69, 9.17) is 0 Å². The van der Waals surface area contributed by atoms with Crippen molar-refractivity contribution in [3.05, 3.63) is 71.3 Å². The maximum absolute atomic E-state index is 4.66. The second kappa shape index (κ2) is 5.27. The lowest BCUT2D eigenvalue weighted by atomic mass is 10.1. The van der Waals surface area contributed by atoms with Crippen molar-refractivity contribution >= 4 is 5.84 Å². The van der Waals surface area contributed by atoms with Gasteiger partial charge in [-0.1, -0.05) is 60.2 Å². The number of benzene rings is 2. The zero-order chi connectivity index (χ0) is 13.1. The van der Waals surface area contributed by atoms with Crippen LogP contribution >= 0.6 is 0 Å². The first-order valence-electron chi connectivity index (χ1n) is 6.73. The molecule has 3 rings (SSSR count). The third-order valence-corrected chi connectivity index (χ3v) is 3.46. The van der Waals surface area contributed by atoms with E-state index < -0.39 is 0 Å². The molecule has 0 fully saturated rings. The van der Waals surface area contributed by atoms with Gasteiger partial charge in [0, 0.05) is 18.7 Å². The van der Waals surface area contributed by atoms with Crippen LogP contribution in [0.15, 0.2) is 59.6 Å². The molecule has 2 aromatic rings. The minimum Gasteiger partial charge on any atom is -0.350 e. The number of aliphatic imine (C=N–C) groups is 1. The highest BCUT2D eigenvalue weighted by Gasteiger charge is 2.18. The summed E-state index contributed by atoms with van der Waals surface area (Å²) in [6, 6.07) is 19.2. The molecule has 0 amide bonds. The van der Waals surface area contributed by atoms with Crippen LogP contribution in [0.2, 0.25) is 0 Å². The summed E-state index contributed by atoms with van der Waals surface area (Å²) < 4.78 is 0. The first-order chi connectivity index (χ1) is 9.33. The third kappa shape index (κ3) is 2.68. The SMILES string of the molecule is Cc1ccc(C2=NCCN2Cc2ccccc2)cc1. The van der Waals surface area contributed by atoms with Gasteiger partial charge in [0.15, 0.2) is 0 Å². The summed E-state index contributed by atoms with van der Waals surface area (Å²) in [6.07, 6.45) is 0. The first-order valence-corrected chi connectivity index (χ1v) is 6.73. The van der Waals surface area contributed by atoms with Crippen molar-refractivity contribution in [1.29, 1.82) is 0 Å². The van der Waals surface area contributed by atoms with Crippen LogP contribution in [0.3, 0.4) is 0 Å². The number of hydrogen-bond donors (Lipinski definition) is 0. The van der Waals surface area contributed by atoms with Gasteiger partial charge >= 0.3 is 0 Å². The Balaban J connectivity index is 1.80. The zero-order valence-electron chi connectivity index (χ0n) is 11.2. The van der Waals surface area contributed by atoms with Gasteiger partial charge in [-0.2, -0.15) is 0 Å². The molecule has 1 heterocycles. The Morgan fingerprint density at radius 1 is 1.00 bits per heavy atom. The highest BCUT2D eigenvalue weighted by Crippen LogP contribution is 2.15. The monoisotopic (exact) mass is 250 g/mol. The van der Waals surface area contributed by atoms with E-state index in [0.717, 1.165) is 25.5 Å². The topological polar surface area (TPSA) is 15.6 Å². The predicted molar refractivity (Wildman–Crippen MR) is 79.4 cm³/mol. The quantitative estimate of drug-likeness (QED) is 0.816. The number of amidine groups is 1. The van der Waals surface area contributed by atoms with Crippen molar-refractivity contribution in [3.63, 3.8) is 0 Å². The Kier molecular flexibility index (Phi) is 3.32. The van der Waals surface area contributed by atoms with E-state index in [0.29, 0.717) is 0 Å². The van der Waals surface area contributed by atoms with E-state index in [9.17, 15) is 0 Å². The van der Waals surface area contributed by atoms with Crippen LogP contribution in [-0.2, 0) is 6.54 Å². The maximum Gasteiger partial charge on any atom is 0.131 e. The van der Waals surface area contributed by atoms with E-state index >= 15 is 0 Å². The highest BCUT2D eigenvalue weighted by molar-refractivity contribution is 5.99. The highest BCUT2D eigenvalue weighted by atomic mass is 15.2. The van der Waals surface area contributed by atoms with E-state index in [-0.39, 0.29) is 0 Å². The number of nitrogens with zero attached hydrogens (tertiary/aromatic N) is 2. The second-order valence-electron chi connectivity index (χ2n) is 4.98. The molecule has 0 atom stereocenters. The van der Waals surface area contributed by atoms with Crippen molar-refractivity contribution in [1.82, 2.24) is 4.90 Å². The molecule has 2 nitrogen and oxygen atoms in total. The summed E-state index contributed by atoms with van der Waals surface area (Å²) in [6.45, 7) is 4.96. The summed E-state index contributed by atoms with van der Waals surface area (Å²) in [4.78, 5) is 7.02. The van der Waals surface area contributed by atoms with Gasteiger partial charge in [0.1, 0.15) is 5.84 Å². The van der Waals surface area contributed by atoms with Crippen LogP contribution in [-0.4, -0.2) is 23.8 Å². The number of rotatable bonds is 3. The smallest absolute Gasteiger partial charge is 0.131 e.